The Kier molecular flexibility index (Phi) is 3.95. The molecule has 1 radical (unpaired) electrons. The van der Waals surface area contributed by atoms with E-state index in [0.717, 1.165) is 11.1 Å². The van der Waals surface area contributed by atoms with Crippen LogP contribution in [-0.4, -0.2) is 6.61 Å². The number of nitrogens with two attached hydrogens (primary N) is 1. The van der Waals surface area contributed by atoms with E-state index in [0.29, 0.717) is 17.9 Å². The van der Waals surface area contributed by atoms with Gasteiger partial charge in [0.1, 0.15) is 11.6 Å². The van der Waals surface area contributed by atoms with Crippen molar-refractivity contribution in [3.8, 4) is 16.9 Å². The average molecular weight is 244 g/mol. The summed E-state index contributed by atoms with van der Waals surface area (Å²) in [7, 11) is 0. The van der Waals surface area contributed by atoms with Gasteiger partial charge in [-0.05, 0) is 36.2 Å². The summed E-state index contributed by atoms with van der Waals surface area (Å²) in [5.74, 6) is 0.421. The van der Waals surface area contributed by atoms with Crippen molar-refractivity contribution in [3.05, 3.63) is 53.8 Å². The van der Waals surface area contributed by atoms with Gasteiger partial charge in [0.15, 0.2) is 0 Å². The Morgan fingerprint density at radius 1 is 1.22 bits per heavy atom. The van der Waals surface area contributed by atoms with Crippen LogP contribution >= 0.6 is 0 Å². The van der Waals surface area contributed by atoms with Crippen molar-refractivity contribution in [3.63, 3.8) is 0 Å². The van der Waals surface area contributed by atoms with Crippen LogP contribution < -0.4 is 10.5 Å². The summed E-state index contributed by atoms with van der Waals surface area (Å²) < 4.78 is 18.9. The third-order valence-electron chi connectivity index (χ3n) is 2.69. The van der Waals surface area contributed by atoms with Crippen molar-refractivity contribution in [2.24, 2.45) is 5.73 Å². The molecule has 2 rings (SSSR count). The summed E-state index contributed by atoms with van der Waals surface area (Å²) in [6.07, 6.45) is 0. The maximum Gasteiger partial charge on any atom is 0.128 e. The molecule has 93 valence electrons. The predicted octanol–water partition coefficient (Wildman–Crippen LogP) is 3.15. The Labute approximate surface area is 106 Å². The maximum atomic E-state index is 13.6. The van der Waals surface area contributed by atoms with Gasteiger partial charge in [0, 0.05) is 18.2 Å². The first-order chi connectivity index (χ1) is 8.74. The van der Waals surface area contributed by atoms with Crippen LogP contribution in [0.2, 0.25) is 0 Å². The quantitative estimate of drug-likeness (QED) is 0.896. The molecule has 0 saturated heterocycles. The van der Waals surface area contributed by atoms with Gasteiger partial charge in [0.25, 0.3) is 0 Å². The summed E-state index contributed by atoms with van der Waals surface area (Å²) in [6, 6.07) is 13.6. The Balaban J connectivity index is 2.28. The Bertz CT molecular complexity index is 523. The van der Waals surface area contributed by atoms with E-state index in [9.17, 15) is 4.39 Å². The van der Waals surface area contributed by atoms with Crippen LogP contribution in [0.3, 0.4) is 0 Å². The van der Waals surface area contributed by atoms with Gasteiger partial charge in [-0.1, -0.05) is 18.2 Å². The summed E-state index contributed by atoms with van der Waals surface area (Å²) in [5, 5.41) is 0. The van der Waals surface area contributed by atoms with E-state index in [4.69, 9.17) is 10.5 Å². The van der Waals surface area contributed by atoms with Gasteiger partial charge in [-0.3, -0.25) is 0 Å². The highest BCUT2D eigenvalue weighted by atomic mass is 19.1. The molecule has 0 bridgehead atoms. The fourth-order valence-corrected chi connectivity index (χ4v) is 1.73. The highest BCUT2D eigenvalue weighted by molar-refractivity contribution is 5.64. The Morgan fingerprint density at radius 3 is 2.56 bits per heavy atom. The molecule has 3 heteroatoms. The van der Waals surface area contributed by atoms with E-state index in [-0.39, 0.29) is 12.4 Å². The minimum Gasteiger partial charge on any atom is -0.493 e. The first-order valence-electron chi connectivity index (χ1n) is 5.88. The minimum absolute atomic E-state index is 0.210. The third kappa shape index (κ3) is 2.68. The fourth-order valence-electron chi connectivity index (χ4n) is 1.73. The lowest BCUT2D eigenvalue weighted by Gasteiger charge is -2.06. The number of rotatable bonds is 4. The molecular formula is C15H15FNO. The summed E-state index contributed by atoms with van der Waals surface area (Å²) in [6.45, 7) is 2.74. The first-order valence-corrected chi connectivity index (χ1v) is 5.88. The standard InChI is InChI=1S/C15H15FNO/c1-2-18-14-7-5-11(6-8-14)12-3-4-13(10-17)15(16)9-12/h3-7,9H,2,10,17H2,1H3. The molecule has 0 unspecified atom stereocenters. The summed E-state index contributed by atoms with van der Waals surface area (Å²) >= 11 is 0. The monoisotopic (exact) mass is 244 g/mol. The van der Waals surface area contributed by atoms with Gasteiger partial charge in [-0.15, -0.1) is 0 Å². The predicted molar refractivity (Wildman–Crippen MR) is 69.7 cm³/mol. The zero-order valence-corrected chi connectivity index (χ0v) is 10.2. The number of ether oxygens (including phenoxy) is 1. The highest BCUT2D eigenvalue weighted by Crippen LogP contribution is 2.23. The van der Waals surface area contributed by atoms with Crippen LogP contribution in [0.15, 0.2) is 36.4 Å². The highest BCUT2D eigenvalue weighted by Gasteiger charge is 2.04. The van der Waals surface area contributed by atoms with E-state index in [1.165, 1.54) is 6.07 Å². The van der Waals surface area contributed by atoms with E-state index in [1.807, 2.05) is 25.1 Å². The molecule has 0 saturated carbocycles. The molecule has 0 amide bonds. The molecule has 0 aromatic heterocycles. The summed E-state index contributed by atoms with van der Waals surface area (Å²) in [4.78, 5) is 0. The second kappa shape index (κ2) is 5.65. The van der Waals surface area contributed by atoms with E-state index < -0.39 is 0 Å². The Morgan fingerprint density at radius 2 is 2.00 bits per heavy atom. The average Bonchev–Trinajstić information content (AvgIpc) is 2.40. The molecule has 2 N–H and O–H groups in total. The normalized spacial score (nSPS) is 10.4. The number of benzene rings is 2. The Hall–Kier alpha value is -1.87. The van der Waals surface area contributed by atoms with Gasteiger partial charge >= 0.3 is 0 Å². The second-order valence-electron chi connectivity index (χ2n) is 3.88. The lowest BCUT2D eigenvalue weighted by atomic mass is 10.0. The van der Waals surface area contributed by atoms with Crippen molar-refractivity contribution in [1.82, 2.24) is 0 Å². The lowest BCUT2D eigenvalue weighted by molar-refractivity contribution is 0.339. The van der Waals surface area contributed by atoms with Crippen LogP contribution in [0.25, 0.3) is 11.1 Å². The molecule has 0 fully saturated rings. The zero-order valence-electron chi connectivity index (χ0n) is 10.2. The van der Waals surface area contributed by atoms with Gasteiger partial charge in [-0.25, -0.2) is 4.39 Å². The van der Waals surface area contributed by atoms with Crippen molar-refractivity contribution in [2.75, 3.05) is 6.61 Å². The molecule has 2 nitrogen and oxygen atoms in total. The van der Waals surface area contributed by atoms with Crippen molar-refractivity contribution in [1.29, 1.82) is 0 Å². The van der Waals surface area contributed by atoms with Crippen LogP contribution in [0.4, 0.5) is 4.39 Å². The van der Waals surface area contributed by atoms with Crippen LogP contribution in [0.5, 0.6) is 5.75 Å². The molecule has 2 aromatic rings. The van der Waals surface area contributed by atoms with Gasteiger partial charge in [-0.2, -0.15) is 0 Å². The fraction of sp³-hybridized carbons (Fsp3) is 0.200. The maximum absolute atomic E-state index is 13.6. The smallest absolute Gasteiger partial charge is 0.128 e. The van der Waals surface area contributed by atoms with Gasteiger partial charge in [0.2, 0.25) is 0 Å². The van der Waals surface area contributed by atoms with Crippen LogP contribution in [0, 0.1) is 11.9 Å². The van der Waals surface area contributed by atoms with E-state index in [1.54, 1.807) is 12.1 Å². The molecule has 0 spiro atoms. The number of hydrogen-bond acceptors (Lipinski definition) is 2. The summed E-state index contributed by atoms with van der Waals surface area (Å²) in [5.41, 5.74) is 7.66. The molecule has 2 aromatic carbocycles. The molecule has 0 aliphatic carbocycles. The molecule has 18 heavy (non-hydrogen) atoms. The SMILES string of the molecule is CCOc1[c]cc(-c2ccc(CN)c(F)c2)cc1. The van der Waals surface area contributed by atoms with Crippen LogP contribution in [0.1, 0.15) is 12.5 Å². The lowest BCUT2D eigenvalue weighted by Crippen LogP contribution is -1.99. The van der Waals surface area contributed by atoms with E-state index in [2.05, 4.69) is 6.07 Å². The van der Waals surface area contributed by atoms with E-state index >= 15 is 0 Å². The van der Waals surface area contributed by atoms with Crippen molar-refractivity contribution < 1.29 is 9.13 Å². The first kappa shape index (κ1) is 12.6. The van der Waals surface area contributed by atoms with Crippen LogP contribution in [-0.2, 0) is 6.54 Å². The third-order valence-corrected chi connectivity index (χ3v) is 2.69. The number of halogens is 1. The van der Waals surface area contributed by atoms with Gasteiger partial charge in [0.05, 0.1) is 6.61 Å². The zero-order chi connectivity index (χ0) is 13.0. The molecule has 0 atom stereocenters. The topological polar surface area (TPSA) is 35.2 Å². The molecular weight excluding hydrogens is 229 g/mol. The van der Waals surface area contributed by atoms with Crippen molar-refractivity contribution in [2.45, 2.75) is 13.5 Å². The molecule has 0 aliphatic heterocycles. The molecule has 0 aliphatic rings. The second-order valence-corrected chi connectivity index (χ2v) is 3.88. The van der Waals surface area contributed by atoms with Gasteiger partial charge < -0.3 is 10.5 Å². The molecule has 0 heterocycles. The van der Waals surface area contributed by atoms with Crippen molar-refractivity contribution >= 4 is 0 Å². The number of hydrogen-bond donors (Lipinski definition) is 1. The minimum atomic E-state index is -0.274. The largest absolute Gasteiger partial charge is 0.493 e.